The van der Waals surface area contributed by atoms with E-state index in [2.05, 4.69) is 10.3 Å². The van der Waals surface area contributed by atoms with E-state index in [4.69, 9.17) is 11.6 Å². The van der Waals surface area contributed by atoms with Crippen molar-refractivity contribution in [2.75, 3.05) is 6.54 Å². The number of hydrogen-bond donors (Lipinski definition) is 3. The van der Waals surface area contributed by atoms with E-state index in [9.17, 15) is 9.90 Å². The van der Waals surface area contributed by atoms with E-state index in [0.29, 0.717) is 17.9 Å². The number of rotatable bonds is 6. The van der Waals surface area contributed by atoms with Gasteiger partial charge < -0.3 is 15.4 Å². The third kappa shape index (κ3) is 3.96. The van der Waals surface area contributed by atoms with Gasteiger partial charge >= 0.3 is 0 Å². The summed E-state index contributed by atoms with van der Waals surface area (Å²) in [4.78, 5) is 15.2. The van der Waals surface area contributed by atoms with Crippen LogP contribution in [-0.2, 0) is 11.2 Å². The highest BCUT2D eigenvalue weighted by atomic mass is 35.5. The second-order valence-corrected chi connectivity index (χ2v) is 6.17. The molecule has 1 atom stereocenters. The minimum atomic E-state index is -0.737. The maximum absolute atomic E-state index is 12.0. The molecule has 0 aliphatic heterocycles. The van der Waals surface area contributed by atoms with E-state index in [1.807, 2.05) is 30.5 Å². The number of halogens is 1. The van der Waals surface area contributed by atoms with E-state index < -0.39 is 6.10 Å². The maximum atomic E-state index is 12.0. The maximum Gasteiger partial charge on any atom is 0.220 e. The lowest BCUT2D eigenvalue weighted by atomic mass is 10.1. The molecule has 5 heteroatoms. The Kier molecular flexibility index (Phi) is 5.18. The number of hydrogen-bond acceptors (Lipinski definition) is 2. The molecule has 3 aromatic rings. The molecular formula is C19H19ClN2O2. The lowest BCUT2D eigenvalue weighted by Gasteiger charge is -2.12. The van der Waals surface area contributed by atoms with Gasteiger partial charge in [-0.1, -0.05) is 41.9 Å². The van der Waals surface area contributed by atoms with E-state index in [0.717, 1.165) is 22.0 Å². The minimum absolute atomic E-state index is 0.0757. The van der Waals surface area contributed by atoms with E-state index >= 15 is 0 Å². The molecule has 0 spiro atoms. The summed E-state index contributed by atoms with van der Waals surface area (Å²) in [6, 6.07) is 15.0. The number of aromatic nitrogens is 1. The molecule has 0 saturated heterocycles. The number of amides is 1. The van der Waals surface area contributed by atoms with Crippen molar-refractivity contribution in [3.8, 4) is 0 Å². The minimum Gasteiger partial charge on any atom is -0.387 e. The van der Waals surface area contributed by atoms with Gasteiger partial charge in [-0.05, 0) is 35.7 Å². The fourth-order valence-electron chi connectivity index (χ4n) is 2.69. The molecule has 0 fully saturated rings. The molecule has 0 saturated carbocycles. The number of carbonyl (C=O) groups is 1. The molecule has 1 amide bonds. The van der Waals surface area contributed by atoms with Crippen LogP contribution in [0.25, 0.3) is 10.9 Å². The highest BCUT2D eigenvalue weighted by Crippen LogP contribution is 2.19. The van der Waals surface area contributed by atoms with Gasteiger partial charge in [-0.25, -0.2) is 0 Å². The number of benzene rings is 2. The van der Waals surface area contributed by atoms with Crippen molar-refractivity contribution in [1.29, 1.82) is 0 Å². The van der Waals surface area contributed by atoms with Crippen LogP contribution in [0.4, 0.5) is 0 Å². The Hall–Kier alpha value is -2.30. The zero-order valence-electron chi connectivity index (χ0n) is 13.1. The second-order valence-electron chi connectivity index (χ2n) is 5.73. The second kappa shape index (κ2) is 7.51. The number of aliphatic hydroxyl groups excluding tert-OH is 1. The topological polar surface area (TPSA) is 65.1 Å². The first-order chi connectivity index (χ1) is 11.6. The number of carbonyl (C=O) groups excluding carboxylic acids is 1. The van der Waals surface area contributed by atoms with Crippen molar-refractivity contribution >= 4 is 28.4 Å². The Morgan fingerprint density at radius 3 is 2.71 bits per heavy atom. The van der Waals surface area contributed by atoms with Gasteiger partial charge in [0.05, 0.1) is 6.10 Å². The van der Waals surface area contributed by atoms with Crippen molar-refractivity contribution in [2.45, 2.75) is 18.9 Å². The molecule has 0 aliphatic carbocycles. The van der Waals surface area contributed by atoms with Gasteiger partial charge in [0, 0.05) is 35.1 Å². The Bertz CT molecular complexity index is 827. The quantitative estimate of drug-likeness (QED) is 0.640. The molecule has 4 nitrogen and oxygen atoms in total. The normalized spacial score (nSPS) is 12.2. The summed E-state index contributed by atoms with van der Waals surface area (Å²) in [7, 11) is 0. The van der Waals surface area contributed by atoms with Gasteiger partial charge in [0.25, 0.3) is 0 Å². The van der Waals surface area contributed by atoms with Crippen LogP contribution in [0.2, 0.25) is 5.02 Å². The van der Waals surface area contributed by atoms with Gasteiger partial charge in [0.15, 0.2) is 0 Å². The Morgan fingerprint density at radius 2 is 1.92 bits per heavy atom. The van der Waals surface area contributed by atoms with E-state index in [1.165, 1.54) is 0 Å². The number of aromatic amines is 1. The van der Waals surface area contributed by atoms with Crippen LogP contribution in [0.15, 0.2) is 54.7 Å². The molecule has 0 radical (unpaired) electrons. The first-order valence-electron chi connectivity index (χ1n) is 7.88. The predicted molar refractivity (Wildman–Crippen MR) is 96.0 cm³/mol. The lowest BCUT2D eigenvalue weighted by molar-refractivity contribution is -0.121. The molecule has 2 aromatic carbocycles. The summed E-state index contributed by atoms with van der Waals surface area (Å²) in [6.45, 7) is 0.189. The molecule has 0 aliphatic rings. The molecule has 24 heavy (non-hydrogen) atoms. The zero-order chi connectivity index (χ0) is 16.9. The highest BCUT2D eigenvalue weighted by molar-refractivity contribution is 6.30. The van der Waals surface area contributed by atoms with Crippen molar-refractivity contribution in [2.24, 2.45) is 0 Å². The fourth-order valence-corrected chi connectivity index (χ4v) is 2.81. The summed E-state index contributed by atoms with van der Waals surface area (Å²) >= 11 is 5.82. The average molecular weight is 343 g/mol. The van der Waals surface area contributed by atoms with Crippen LogP contribution in [-0.4, -0.2) is 22.5 Å². The molecular weight excluding hydrogens is 324 g/mol. The summed E-state index contributed by atoms with van der Waals surface area (Å²) in [6.07, 6.45) is 2.25. The van der Waals surface area contributed by atoms with Crippen LogP contribution in [0.3, 0.4) is 0 Å². The monoisotopic (exact) mass is 342 g/mol. The highest BCUT2D eigenvalue weighted by Gasteiger charge is 2.10. The van der Waals surface area contributed by atoms with Crippen LogP contribution in [0.1, 0.15) is 23.7 Å². The Labute approximate surface area is 145 Å². The van der Waals surface area contributed by atoms with Gasteiger partial charge in [0.2, 0.25) is 5.91 Å². The molecule has 1 aromatic heterocycles. The van der Waals surface area contributed by atoms with E-state index in [1.54, 1.807) is 24.3 Å². The van der Waals surface area contributed by atoms with Crippen molar-refractivity contribution in [3.63, 3.8) is 0 Å². The first kappa shape index (κ1) is 16.6. The van der Waals surface area contributed by atoms with Crippen LogP contribution in [0, 0.1) is 0 Å². The van der Waals surface area contributed by atoms with Crippen molar-refractivity contribution < 1.29 is 9.90 Å². The summed E-state index contributed by atoms with van der Waals surface area (Å²) < 4.78 is 0. The van der Waals surface area contributed by atoms with Crippen LogP contribution in [0.5, 0.6) is 0 Å². The summed E-state index contributed by atoms with van der Waals surface area (Å²) in [5.74, 6) is -0.0757. The van der Waals surface area contributed by atoms with Gasteiger partial charge in [0.1, 0.15) is 0 Å². The van der Waals surface area contributed by atoms with E-state index in [-0.39, 0.29) is 12.5 Å². The molecule has 1 heterocycles. The number of H-pyrrole nitrogens is 1. The lowest BCUT2D eigenvalue weighted by Crippen LogP contribution is -2.28. The van der Waals surface area contributed by atoms with Crippen molar-refractivity contribution in [1.82, 2.24) is 10.3 Å². The first-order valence-corrected chi connectivity index (χ1v) is 8.26. The largest absolute Gasteiger partial charge is 0.387 e. The average Bonchev–Trinajstić information content (AvgIpc) is 3.01. The predicted octanol–water partition coefficient (Wildman–Crippen LogP) is 3.60. The van der Waals surface area contributed by atoms with Gasteiger partial charge in [-0.2, -0.15) is 0 Å². The molecule has 1 unspecified atom stereocenters. The molecule has 0 bridgehead atoms. The number of aliphatic hydroxyl groups is 1. The number of para-hydroxylation sites is 1. The SMILES string of the molecule is O=C(CCc1c[nH]c2ccccc12)NCC(O)c1ccc(Cl)cc1. The van der Waals surface area contributed by atoms with Crippen LogP contribution < -0.4 is 5.32 Å². The molecule has 124 valence electrons. The summed E-state index contributed by atoms with van der Waals surface area (Å²) in [5.41, 5.74) is 2.93. The number of fused-ring (bicyclic) bond motifs is 1. The van der Waals surface area contributed by atoms with Crippen LogP contribution >= 0.6 is 11.6 Å². The fraction of sp³-hybridized carbons (Fsp3) is 0.211. The third-order valence-corrected chi connectivity index (χ3v) is 4.30. The number of nitrogens with one attached hydrogen (secondary N) is 2. The third-order valence-electron chi connectivity index (χ3n) is 4.04. The smallest absolute Gasteiger partial charge is 0.220 e. The number of aryl methyl sites for hydroxylation is 1. The Balaban J connectivity index is 1.50. The zero-order valence-corrected chi connectivity index (χ0v) is 13.9. The Morgan fingerprint density at radius 1 is 1.17 bits per heavy atom. The van der Waals surface area contributed by atoms with Gasteiger partial charge in [-0.3, -0.25) is 4.79 Å². The molecule has 3 rings (SSSR count). The summed E-state index contributed by atoms with van der Waals surface area (Å²) in [5, 5.41) is 14.6. The standard InChI is InChI=1S/C19H19ClN2O2/c20-15-8-5-13(6-9-15)18(23)12-22-19(24)10-7-14-11-21-17-4-2-1-3-16(14)17/h1-6,8-9,11,18,21,23H,7,10,12H2,(H,22,24). The van der Waals surface area contributed by atoms with Gasteiger partial charge in [-0.15, -0.1) is 0 Å². The van der Waals surface area contributed by atoms with Crippen molar-refractivity contribution in [3.05, 3.63) is 70.9 Å². The molecule has 3 N–H and O–H groups in total.